The third-order valence-corrected chi connectivity index (χ3v) is 3.85. The predicted octanol–water partition coefficient (Wildman–Crippen LogP) is 3.16. The van der Waals surface area contributed by atoms with Gasteiger partial charge in [0.05, 0.1) is 6.61 Å². The van der Waals surface area contributed by atoms with Crippen LogP contribution in [0.3, 0.4) is 0 Å². The molecule has 3 nitrogen and oxygen atoms in total. The van der Waals surface area contributed by atoms with E-state index >= 15 is 0 Å². The number of hydrogen-bond acceptors (Lipinski definition) is 3. The van der Waals surface area contributed by atoms with Crippen molar-refractivity contribution in [3.05, 3.63) is 29.8 Å². The zero-order chi connectivity index (χ0) is 13.5. The number of benzene rings is 1. The van der Waals surface area contributed by atoms with Crippen LogP contribution in [0.1, 0.15) is 37.8 Å². The normalized spacial score (nSPS) is 18.2. The number of nitrogens with one attached hydrogen (secondary N) is 1. The molecule has 2 rings (SSSR count). The lowest BCUT2D eigenvalue weighted by molar-refractivity contribution is 0.0607. The summed E-state index contributed by atoms with van der Waals surface area (Å²) in [4.78, 5) is 0. The Labute approximate surface area is 116 Å². The van der Waals surface area contributed by atoms with Gasteiger partial charge >= 0.3 is 0 Å². The lowest BCUT2D eigenvalue weighted by Gasteiger charge is -2.27. The first kappa shape index (κ1) is 14.4. The van der Waals surface area contributed by atoms with E-state index in [1.807, 2.05) is 20.0 Å². The van der Waals surface area contributed by atoms with Gasteiger partial charge in [-0.2, -0.15) is 0 Å². The maximum atomic E-state index is 5.74. The molecule has 0 bridgehead atoms. The van der Waals surface area contributed by atoms with Crippen molar-refractivity contribution in [2.24, 2.45) is 5.92 Å². The highest BCUT2D eigenvalue weighted by Gasteiger charge is 2.21. The molecule has 1 aromatic rings. The molecule has 0 aromatic heterocycles. The van der Waals surface area contributed by atoms with E-state index in [4.69, 9.17) is 9.47 Å². The molecule has 1 unspecified atom stereocenters. The first-order valence-electron chi connectivity index (χ1n) is 7.31. The van der Waals surface area contributed by atoms with Crippen molar-refractivity contribution in [1.29, 1.82) is 0 Å². The van der Waals surface area contributed by atoms with E-state index in [0.29, 0.717) is 12.6 Å². The van der Waals surface area contributed by atoms with Crippen LogP contribution in [0.15, 0.2) is 24.3 Å². The molecule has 1 saturated heterocycles. The minimum atomic E-state index is 0.367. The summed E-state index contributed by atoms with van der Waals surface area (Å²) in [7, 11) is 2.03. The molecule has 19 heavy (non-hydrogen) atoms. The molecule has 3 heteroatoms. The van der Waals surface area contributed by atoms with Gasteiger partial charge in [-0.05, 0) is 45.2 Å². The van der Waals surface area contributed by atoms with Crippen molar-refractivity contribution in [2.75, 3.05) is 26.9 Å². The first-order valence-corrected chi connectivity index (χ1v) is 7.31. The summed E-state index contributed by atoms with van der Waals surface area (Å²) in [6.45, 7) is 4.57. The van der Waals surface area contributed by atoms with Crippen LogP contribution < -0.4 is 10.1 Å². The maximum absolute atomic E-state index is 5.74. The first-order chi connectivity index (χ1) is 9.35. The van der Waals surface area contributed by atoms with Crippen LogP contribution in [0.4, 0.5) is 0 Å². The van der Waals surface area contributed by atoms with Gasteiger partial charge in [0.1, 0.15) is 5.75 Å². The maximum Gasteiger partial charge on any atom is 0.124 e. The van der Waals surface area contributed by atoms with Crippen LogP contribution in [0, 0.1) is 5.92 Å². The van der Waals surface area contributed by atoms with Gasteiger partial charge in [0, 0.05) is 24.8 Å². The summed E-state index contributed by atoms with van der Waals surface area (Å²) in [5.74, 6) is 1.76. The molecule has 0 saturated carbocycles. The van der Waals surface area contributed by atoms with Gasteiger partial charge in [-0.25, -0.2) is 0 Å². The molecule has 0 spiro atoms. The summed E-state index contributed by atoms with van der Waals surface area (Å²) < 4.78 is 11.2. The van der Waals surface area contributed by atoms with Crippen LogP contribution in [0.25, 0.3) is 0 Å². The van der Waals surface area contributed by atoms with Crippen LogP contribution in [-0.2, 0) is 4.74 Å². The van der Waals surface area contributed by atoms with E-state index in [-0.39, 0.29) is 0 Å². The standard InChI is InChI=1S/C16H25NO2/c1-3-19-16-7-5-4-6-14(16)15(17-2)12-13-8-10-18-11-9-13/h4-7,13,15,17H,3,8-12H2,1-2H3. The third-order valence-electron chi connectivity index (χ3n) is 3.85. The van der Waals surface area contributed by atoms with Gasteiger partial charge in [0.2, 0.25) is 0 Å². The highest BCUT2D eigenvalue weighted by Crippen LogP contribution is 2.32. The number of ether oxygens (including phenoxy) is 2. The minimum Gasteiger partial charge on any atom is -0.494 e. The van der Waals surface area contributed by atoms with Crippen molar-refractivity contribution in [2.45, 2.75) is 32.2 Å². The Kier molecular flexibility index (Phi) is 5.67. The lowest BCUT2D eigenvalue weighted by atomic mass is 9.89. The Hall–Kier alpha value is -1.06. The van der Waals surface area contributed by atoms with Crippen LogP contribution in [0.5, 0.6) is 5.75 Å². The molecule has 1 N–H and O–H groups in total. The molecular formula is C16H25NO2. The molecule has 1 fully saturated rings. The van der Waals surface area contributed by atoms with E-state index in [9.17, 15) is 0 Å². The van der Waals surface area contributed by atoms with Gasteiger partial charge in [0.15, 0.2) is 0 Å². The molecule has 0 radical (unpaired) electrons. The average molecular weight is 263 g/mol. The second-order valence-corrected chi connectivity index (χ2v) is 5.10. The Morgan fingerprint density at radius 1 is 1.32 bits per heavy atom. The molecular weight excluding hydrogens is 238 g/mol. The fourth-order valence-electron chi connectivity index (χ4n) is 2.77. The monoisotopic (exact) mass is 263 g/mol. The number of rotatable bonds is 6. The summed E-state index contributed by atoms with van der Waals surface area (Å²) in [6, 6.07) is 8.73. The van der Waals surface area contributed by atoms with E-state index in [2.05, 4.69) is 23.5 Å². The number of hydrogen-bond donors (Lipinski definition) is 1. The zero-order valence-corrected chi connectivity index (χ0v) is 12.0. The molecule has 1 aromatic carbocycles. The highest BCUT2D eigenvalue weighted by atomic mass is 16.5. The Balaban J connectivity index is 2.07. The van der Waals surface area contributed by atoms with Gasteiger partial charge in [-0.15, -0.1) is 0 Å². The fourth-order valence-corrected chi connectivity index (χ4v) is 2.77. The van der Waals surface area contributed by atoms with E-state index < -0.39 is 0 Å². The quantitative estimate of drug-likeness (QED) is 0.855. The smallest absolute Gasteiger partial charge is 0.124 e. The van der Waals surface area contributed by atoms with Crippen molar-refractivity contribution in [3.8, 4) is 5.75 Å². The van der Waals surface area contributed by atoms with E-state index in [0.717, 1.165) is 31.3 Å². The summed E-state index contributed by atoms with van der Waals surface area (Å²) in [6.07, 6.45) is 3.51. The third kappa shape index (κ3) is 3.95. The highest BCUT2D eigenvalue weighted by molar-refractivity contribution is 5.36. The van der Waals surface area contributed by atoms with Crippen LogP contribution in [0.2, 0.25) is 0 Å². The molecule has 1 aliphatic rings. The molecule has 106 valence electrons. The SMILES string of the molecule is CCOc1ccccc1C(CC1CCOCC1)NC. The van der Waals surface area contributed by atoms with Gasteiger partial charge in [-0.3, -0.25) is 0 Å². The molecule has 1 aliphatic heterocycles. The van der Waals surface area contributed by atoms with Gasteiger partial charge in [-0.1, -0.05) is 18.2 Å². The zero-order valence-electron chi connectivity index (χ0n) is 12.0. The van der Waals surface area contributed by atoms with Gasteiger partial charge < -0.3 is 14.8 Å². The molecule has 0 aliphatic carbocycles. The minimum absolute atomic E-state index is 0.367. The summed E-state index contributed by atoms with van der Waals surface area (Å²) >= 11 is 0. The summed E-state index contributed by atoms with van der Waals surface area (Å²) in [5.41, 5.74) is 1.28. The van der Waals surface area contributed by atoms with E-state index in [1.165, 1.54) is 18.4 Å². The van der Waals surface area contributed by atoms with Crippen molar-refractivity contribution < 1.29 is 9.47 Å². The molecule has 1 atom stereocenters. The predicted molar refractivity (Wildman–Crippen MR) is 77.6 cm³/mol. The topological polar surface area (TPSA) is 30.5 Å². The molecule has 0 amide bonds. The number of para-hydroxylation sites is 1. The van der Waals surface area contributed by atoms with Crippen LogP contribution >= 0.6 is 0 Å². The van der Waals surface area contributed by atoms with E-state index in [1.54, 1.807) is 0 Å². The Morgan fingerprint density at radius 2 is 2.05 bits per heavy atom. The largest absolute Gasteiger partial charge is 0.494 e. The lowest BCUT2D eigenvalue weighted by Crippen LogP contribution is -2.24. The Morgan fingerprint density at radius 3 is 2.74 bits per heavy atom. The van der Waals surface area contributed by atoms with Crippen molar-refractivity contribution >= 4 is 0 Å². The van der Waals surface area contributed by atoms with Crippen molar-refractivity contribution in [3.63, 3.8) is 0 Å². The Bertz CT molecular complexity index is 375. The van der Waals surface area contributed by atoms with Crippen LogP contribution in [-0.4, -0.2) is 26.9 Å². The fraction of sp³-hybridized carbons (Fsp3) is 0.625. The second kappa shape index (κ2) is 7.51. The van der Waals surface area contributed by atoms with Gasteiger partial charge in [0.25, 0.3) is 0 Å². The van der Waals surface area contributed by atoms with Crippen molar-refractivity contribution in [1.82, 2.24) is 5.32 Å². The second-order valence-electron chi connectivity index (χ2n) is 5.10. The summed E-state index contributed by atoms with van der Waals surface area (Å²) in [5, 5.41) is 3.44. The molecule has 1 heterocycles. The average Bonchev–Trinajstić information content (AvgIpc) is 2.47.